The summed E-state index contributed by atoms with van der Waals surface area (Å²) >= 11 is 9.74. The summed E-state index contributed by atoms with van der Waals surface area (Å²) in [5.74, 6) is -0.433. The van der Waals surface area contributed by atoms with Gasteiger partial charge in [0.05, 0.1) is 22.5 Å². The van der Waals surface area contributed by atoms with Crippen LogP contribution in [0.4, 0.5) is 5.69 Å². The third kappa shape index (κ3) is 5.94. The summed E-state index contributed by atoms with van der Waals surface area (Å²) in [5, 5.41) is 4.05. The number of pyridine rings is 1. The van der Waals surface area contributed by atoms with Crippen molar-refractivity contribution in [2.45, 2.75) is 39.5 Å². The van der Waals surface area contributed by atoms with Gasteiger partial charge < -0.3 is 10.1 Å². The number of nitrogens with one attached hydrogen (secondary N) is 1. The number of esters is 1. The molecule has 4 rings (SSSR count). The predicted octanol–water partition coefficient (Wildman–Crippen LogP) is 8.36. The largest absolute Gasteiger partial charge is 0.424 e. The van der Waals surface area contributed by atoms with Crippen molar-refractivity contribution in [3.63, 3.8) is 0 Å². The van der Waals surface area contributed by atoms with Crippen LogP contribution in [0.5, 0.6) is 5.75 Å². The summed E-state index contributed by atoms with van der Waals surface area (Å²) in [5.41, 5.74) is 3.89. The number of ether oxygens (including phenoxy) is 1. The monoisotopic (exact) mass is 564 g/mol. The van der Waals surface area contributed by atoms with Crippen LogP contribution in [0.15, 0.2) is 71.2 Å². The van der Waals surface area contributed by atoms with Gasteiger partial charge >= 0.3 is 5.97 Å². The number of aromatic nitrogens is 1. The van der Waals surface area contributed by atoms with Gasteiger partial charge in [0, 0.05) is 26.9 Å². The highest BCUT2D eigenvalue weighted by Crippen LogP contribution is 2.34. The lowest BCUT2D eigenvalue weighted by molar-refractivity contribution is -0.134. The number of halogens is 2. The van der Waals surface area contributed by atoms with Crippen molar-refractivity contribution in [2.75, 3.05) is 5.32 Å². The molecule has 0 aliphatic heterocycles. The average Bonchev–Trinajstić information content (AvgIpc) is 2.86. The zero-order valence-electron chi connectivity index (χ0n) is 20.1. The third-order valence-corrected chi connectivity index (χ3v) is 6.59. The number of hydrogen-bond acceptors (Lipinski definition) is 4. The Morgan fingerprint density at radius 1 is 1.03 bits per heavy atom. The summed E-state index contributed by atoms with van der Waals surface area (Å²) < 4.78 is 6.42. The van der Waals surface area contributed by atoms with Crippen LogP contribution in [-0.2, 0) is 4.79 Å². The second-order valence-corrected chi connectivity index (χ2v) is 9.87. The van der Waals surface area contributed by atoms with Gasteiger partial charge in [0.2, 0.25) is 0 Å². The molecule has 0 aliphatic carbocycles. The van der Waals surface area contributed by atoms with Gasteiger partial charge in [0.25, 0.3) is 5.91 Å². The first-order valence-electron chi connectivity index (χ1n) is 11.8. The Bertz CT molecular complexity index is 1420. The lowest BCUT2D eigenvalue weighted by atomic mass is 9.97. The van der Waals surface area contributed by atoms with E-state index in [0.29, 0.717) is 33.6 Å². The van der Waals surface area contributed by atoms with E-state index < -0.39 is 0 Å². The van der Waals surface area contributed by atoms with E-state index in [1.54, 1.807) is 18.2 Å². The van der Waals surface area contributed by atoms with Crippen LogP contribution < -0.4 is 10.1 Å². The van der Waals surface area contributed by atoms with Gasteiger partial charge in [-0.05, 0) is 55.3 Å². The summed E-state index contributed by atoms with van der Waals surface area (Å²) in [7, 11) is 0. The van der Waals surface area contributed by atoms with Gasteiger partial charge in [0.15, 0.2) is 5.75 Å². The number of hydrogen-bond donors (Lipinski definition) is 1. The number of carbonyl (C=O) groups excluding carboxylic acids is 2. The molecular weight excluding hydrogens is 540 g/mol. The van der Waals surface area contributed by atoms with Gasteiger partial charge in [-0.25, -0.2) is 4.98 Å². The Kier molecular flexibility index (Phi) is 8.39. The Morgan fingerprint density at radius 3 is 2.56 bits per heavy atom. The van der Waals surface area contributed by atoms with Gasteiger partial charge in [-0.3, -0.25) is 9.59 Å². The number of unbranched alkanes of at least 4 members (excludes halogenated alkanes) is 2. The van der Waals surface area contributed by atoms with Crippen molar-refractivity contribution in [1.82, 2.24) is 4.98 Å². The molecule has 4 aromatic rings. The molecule has 0 radical (unpaired) electrons. The molecule has 0 saturated carbocycles. The first kappa shape index (κ1) is 25.9. The molecule has 0 saturated heterocycles. The number of carbonyl (C=O) groups is 2. The van der Waals surface area contributed by atoms with E-state index in [1.807, 2.05) is 55.5 Å². The summed E-state index contributed by atoms with van der Waals surface area (Å²) in [6.07, 6.45) is 3.03. The van der Waals surface area contributed by atoms with Crippen LogP contribution in [-0.4, -0.2) is 16.9 Å². The molecule has 0 bridgehead atoms. The second kappa shape index (κ2) is 11.7. The van der Waals surface area contributed by atoms with E-state index in [4.69, 9.17) is 21.3 Å². The molecule has 1 N–H and O–H groups in total. The van der Waals surface area contributed by atoms with Crippen LogP contribution >= 0.6 is 27.5 Å². The Balaban J connectivity index is 1.74. The quantitative estimate of drug-likeness (QED) is 0.132. The Hall–Kier alpha value is -3.22. The van der Waals surface area contributed by atoms with Crippen LogP contribution in [0.25, 0.3) is 22.2 Å². The van der Waals surface area contributed by atoms with Crippen molar-refractivity contribution < 1.29 is 14.3 Å². The molecule has 5 nitrogen and oxygen atoms in total. The fourth-order valence-electron chi connectivity index (χ4n) is 4.07. The number of anilines is 1. The maximum absolute atomic E-state index is 13.8. The van der Waals surface area contributed by atoms with E-state index in [1.165, 1.54) is 0 Å². The van der Waals surface area contributed by atoms with E-state index in [-0.39, 0.29) is 17.6 Å². The first-order valence-corrected chi connectivity index (χ1v) is 13.0. The minimum atomic E-state index is -0.347. The topological polar surface area (TPSA) is 68.3 Å². The highest BCUT2D eigenvalue weighted by Gasteiger charge is 2.21. The molecule has 1 amide bonds. The molecular formula is C29H26BrClN2O3. The average molecular weight is 566 g/mol. The number of fused-ring (bicyclic) bond motifs is 1. The van der Waals surface area contributed by atoms with Crippen molar-refractivity contribution in [1.29, 1.82) is 0 Å². The zero-order valence-corrected chi connectivity index (χ0v) is 22.4. The normalized spacial score (nSPS) is 10.9. The van der Waals surface area contributed by atoms with Gasteiger partial charge in [-0.15, -0.1) is 0 Å². The molecule has 184 valence electrons. The maximum atomic E-state index is 13.8. The van der Waals surface area contributed by atoms with Crippen molar-refractivity contribution in [3.05, 3.63) is 87.4 Å². The fraction of sp³-hybridized carbons (Fsp3) is 0.207. The number of rotatable bonds is 8. The van der Waals surface area contributed by atoms with E-state index >= 15 is 0 Å². The van der Waals surface area contributed by atoms with Crippen LogP contribution in [0.3, 0.4) is 0 Å². The standard InChI is InChI=1S/C29H26BrClN2O3/c1-3-4-6-11-26(34)36-25-15-13-21(31)17-24(25)33-29(35)27-18(2)28(19-9-7-5-8-10-19)32-23-14-12-20(30)16-22(23)27/h5,7-10,12-17H,3-4,6,11H2,1-2H3,(H,33,35). The molecule has 0 fully saturated rings. The Labute approximate surface area is 224 Å². The zero-order chi connectivity index (χ0) is 25.7. The van der Waals surface area contributed by atoms with Crippen LogP contribution in [0.1, 0.15) is 48.5 Å². The molecule has 0 atom stereocenters. The molecule has 7 heteroatoms. The third-order valence-electron chi connectivity index (χ3n) is 5.86. The van der Waals surface area contributed by atoms with E-state index in [2.05, 4.69) is 28.2 Å². The summed E-state index contributed by atoms with van der Waals surface area (Å²) in [6.45, 7) is 3.96. The molecule has 36 heavy (non-hydrogen) atoms. The summed E-state index contributed by atoms with van der Waals surface area (Å²) in [6, 6.07) is 20.2. The fourth-order valence-corrected chi connectivity index (χ4v) is 4.60. The minimum absolute atomic E-state index is 0.259. The number of benzene rings is 3. The smallest absolute Gasteiger partial charge is 0.311 e. The van der Waals surface area contributed by atoms with Crippen LogP contribution in [0, 0.1) is 6.92 Å². The van der Waals surface area contributed by atoms with Gasteiger partial charge in [-0.1, -0.05) is 77.6 Å². The van der Waals surface area contributed by atoms with Crippen LogP contribution in [0.2, 0.25) is 5.02 Å². The maximum Gasteiger partial charge on any atom is 0.311 e. The minimum Gasteiger partial charge on any atom is -0.424 e. The van der Waals surface area contributed by atoms with Gasteiger partial charge in [-0.2, -0.15) is 0 Å². The second-order valence-electron chi connectivity index (χ2n) is 8.51. The van der Waals surface area contributed by atoms with Crippen molar-refractivity contribution in [3.8, 4) is 17.0 Å². The number of nitrogens with zero attached hydrogens (tertiary/aromatic N) is 1. The van der Waals surface area contributed by atoms with Crippen molar-refractivity contribution >= 4 is 56.0 Å². The first-order chi connectivity index (χ1) is 17.4. The molecule has 0 spiro atoms. The molecule has 0 aliphatic rings. The molecule has 0 unspecified atom stereocenters. The predicted molar refractivity (Wildman–Crippen MR) is 149 cm³/mol. The molecule has 3 aromatic carbocycles. The lowest BCUT2D eigenvalue weighted by Crippen LogP contribution is -2.17. The number of amides is 1. The van der Waals surface area contributed by atoms with Gasteiger partial charge in [0.1, 0.15) is 0 Å². The van der Waals surface area contributed by atoms with E-state index in [0.717, 1.165) is 40.6 Å². The highest BCUT2D eigenvalue weighted by molar-refractivity contribution is 9.10. The highest BCUT2D eigenvalue weighted by atomic mass is 79.9. The van der Waals surface area contributed by atoms with Crippen molar-refractivity contribution in [2.24, 2.45) is 0 Å². The lowest BCUT2D eigenvalue weighted by Gasteiger charge is -2.16. The summed E-state index contributed by atoms with van der Waals surface area (Å²) in [4.78, 5) is 31.0. The molecule has 1 heterocycles. The Morgan fingerprint density at radius 2 is 1.81 bits per heavy atom. The van der Waals surface area contributed by atoms with E-state index in [9.17, 15) is 9.59 Å². The molecule has 1 aromatic heterocycles. The SMILES string of the molecule is CCCCCC(=O)Oc1ccc(Cl)cc1NC(=O)c1c(C)c(-c2ccccc2)nc2ccc(Br)cc12.